The van der Waals surface area contributed by atoms with Crippen molar-refractivity contribution in [2.45, 2.75) is 18.9 Å². The molecule has 0 saturated carbocycles. The van der Waals surface area contributed by atoms with Gasteiger partial charge in [0.15, 0.2) is 5.82 Å². The second-order valence-corrected chi connectivity index (χ2v) is 7.33. The molecular weight excluding hydrogens is 376 g/mol. The number of aliphatic imine (C=N–C) groups is 1. The molecule has 2 amide bonds. The molecule has 140 valence electrons. The molecule has 0 N–H and O–H groups in total. The monoisotopic (exact) mass is 391 g/mol. The summed E-state index contributed by atoms with van der Waals surface area (Å²) in [5, 5.41) is 0.277. The molecule has 1 aromatic carbocycles. The van der Waals surface area contributed by atoms with Crippen LogP contribution < -0.4 is 4.74 Å². The van der Waals surface area contributed by atoms with Crippen LogP contribution in [0.5, 0.6) is 5.19 Å². The Kier molecular flexibility index (Phi) is 4.69. The maximum atomic E-state index is 13.7. The quantitative estimate of drug-likeness (QED) is 0.755. The minimum Gasteiger partial charge on any atom is -0.467 e. The van der Waals surface area contributed by atoms with Gasteiger partial charge >= 0.3 is 0 Å². The number of carbonyl (C=O) groups excluding carboxylic acids is 2. The predicted octanol–water partition coefficient (Wildman–Crippen LogP) is 2.73. The van der Waals surface area contributed by atoms with Crippen LogP contribution in [0.25, 0.3) is 10.2 Å². The maximum Gasteiger partial charge on any atom is 0.274 e. The zero-order chi connectivity index (χ0) is 19.0. The summed E-state index contributed by atoms with van der Waals surface area (Å²) in [6.45, 7) is 0.886. The van der Waals surface area contributed by atoms with Gasteiger partial charge in [-0.3, -0.25) is 9.59 Å². The van der Waals surface area contributed by atoms with Crippen LogP contribution in [0.4, 0.5) is 8.78 Å². The third-order valence-corrected chi connectivity index (χ3v) is 5.43. The van der Waals surface area contributed by atoms with Gasteiger partial charge in [0, 0.05) is 38.2 Å². The molecule has 2 aliphatic heterocycles. The number of likely N-dealkylation sites (tertiary alicyclic amines) is 1. The highest BCUT2D eigenvalue weighted by Crippen LogP contribution is 2.32. The van der Waals surface area contributed by atoms with Crippen LogP contribution in [0, 0.1) is 17.6 Å². The number of thiazole rings is 1. The van der Waals surface area contributed by atoms with E-state index < -0.39 is 23.5 Å². The van der Waals surface area contributed by atoms with Gasteiger partial charge in [0.2, 0.25) is 5.91 Å². The Hall–Kier alpha value is -2.68. The minimum absolute atomic E-state index is 0.0900. The van der Waals surface area contributed by atoms with Crippen molar-refractivity contribution in [2.24, 2.45) is 10.9 Å². The molecule has 4 rings (SSSR count). The highest BCUT2D eigenvalue weighted by Gasteiger charge is 2.32. The van der Waals surface area contributed by atoms with Gasteiger partial charge in [0.1, 0.15) is 23.4 Å². The lowest BCUT2D eigenvalue weighted by molar-refractivity contribution is -0.140. The topological polar surface area (TPSA) is 71.9 Å². The molecule has 9 heteroatoms. The molecule has 0 aliphatic carbocycles. The van der Waals surface area contributed by atoms with E-state index in [1.807, 2.05) is 0 Å². The van der Waals surface area contributed by atoms with E-state index in [1.54, 1.807) is 17.1 Å². The molecule has 1 saturated heterocycles. The molecule has 2 aromatic rings. The van der Waals surface area contributed by atoms with Crippen molar-refractivity contribution in [1.82, 2.24) is 9.88 Å². The van der Waals surface area contributed by atoms with E-state index in [0.29, 0.717) is 30.6 Å². The summed E-state index contributed by atoms with van der Waals surface area (Å²) in [6, 6.07) is 2.02. The highest BCUT2D eigenvalue weighted by atomic mass is 32.1. The third kappa shape index (κ3) is 3.59. The molecule has 0 bridgehead atoms. The normalized spacial score (nSPS) is 20.4. The number of dihydropyridines is 1. The van der Waals surface area contributed by atoms with Gasteiger partial charge in [-0.2, -0.15) is 4.98 Å². The van der Waals surface area contributed by atoms with Gasteiger partial charge in [-0.1, -0.05) is 17.4 Å². The van der Waals surface area contributed by atoms with E-state index in [2.05, 4.69) is 9.98 Å². The maximum absolute atomic E-state index is 13.7. The van der Waals surface area contributed by atoms with E-state index >= 15 is 0 Å². The summed E-state index contributed by atoms with van der Waals surface area (Å²) in [5.74, 6) is -2.94. The van der Waals surface area contributed by atoms with E-state index in [9.17, 15) is 18.4 Å². The van der Waals surface area contributed by atoms with Gasteiger partial charge in [0.25, 0.3) is 11.1 Å². The number of halogens is 2. The van der Waals surface area contributed by atoms with Crippen molar-refractivity contribution in [3.63, 3.8) is 0 Å². The summed E-state index contributed by atoms with van der Waals surface area (Å²) in [6.07, 6.45) is 5.46. The molecule has 1 atom stereocenters. The van der Waals surface area contributed by atoms with Crippen molar-refractivity contribution < 1.29 is 23.1 Å². The molecule has 0 spiro atoms. The van der Waals surface area contributed by atoms with Crippen LogP contribution in [0.1, 0.15) is 12.8 Å². The van der Waals surface area contributed by atoms with E-state index in [0.717, 1.165) is 17.4 Å². The Morgan fingerprint density at radius 3 is 2.78 bits per heavy atom. The molecule has 1 fully saturated rings. The molecule has 6 nitrogen and oxygen atoms in total. The van der Waals surface area contributed by atoms with Crippen molar-refractivity contribution in [1.29, 1.82) is 0 Å². The lowest BCUT2D eigenvalue weighted by atomic mass is 10.0. The van der Waals surface area contributed by atoms with Crippen LogP contribution in [0.3, 0.4) is 0 Å². The average molecular weight is 391 g/mol. The number of nitrogens with zero attached hydrogens (tertiary/aromatic N) is 3. The number of ether oxygens (including phenoxy) is 1. The summed E-state index contributed by atoms with van der Waals surface area (Å²) in [7, 11) is 0. The first-order valence-electron chi connectivity index (χ1n) is 8.47. The van der Waals surface area contributed by atoms with Crippen molar-refractivity contribution in [3.8, 4) is 5.19 Å². The highest BCUT2D eigenvalue weighted by molar-refractivity contribution is 7.20. The number of allylic oxidation sites excluding steroid dienone is 1. The summed E-state index contributed by atoms with van der Waals surface area (Å²) in [4.78, 5) is 33.6. The van der Waals surface area contributed by atoms with Gasteiger partial charge in [0.05, 0.1) is 4.70 Å². The largest absolute Gasteiger partial charge is 0.467 e. The van der Waals surface area contributed by atoms with Crippen molar-refractivity contribution in [2.75, 3.05) is 13.1 Å². The Balaban J connectivity index is 1.38. The van der Waals surface area contributed by atoms with E-state index in [-0.39, 0.29) is 22.7 Å². The Morgan fingerprint density at radius 1 is 1.26 bits per heavy atom. The fourth-order valence-electron chi connectivity index (χ4n) is 3.15. The average Bonchev–Trinajstić information content (AvgIpc) is 3.05. The first kappa shape index (κ1) is 17.7. The number of aromatic nitrogens is 1. The molecule has 1 aromatic heterocycles. The predicted molar refractivity (Wildman–Crippen MR) is 95.9 cm³/mol. The zero-order valence-electron chi connectivity index (χ0n) is 14.1. The van der Waals surface area contributed by atoms with Crippen molar-refractivity contribution >= 4 is 39.6 Å². The van der Waals surface area contributed by atoms with Crippen molar-refractivity contribution in [3.05, 3.63) is 35.9 Å². The lowest BCUT2D eigenvalue weighted by Gasteiger charge is -2.33. The fraction of sp³-hybridized carbons (Fsp3) is 0.333. The van der Waals surface area contributed by atoms with Crippen LogP contribution in [-0.2, 0) is 9.59 Å². The summed E-state index contributed by atoms with van der Waals surface area (Å²) < 4.78 is 33.2. The van der Waals surface area contributed by atoms with Gasteiger partial charge < -0.3 is 9.64 Å². The van der Waals surface area contributed by atoms with Crippen LogP contribution in [0.15, 0.2) is 29.3 Å². The minimum atomic E-state index is -0.852. The second kappa shape index (κ2) is 7.15. The summed E-state index contributed by atoms with van der Waals surface area (Å²) in [5.41, 5.74) is 0.0900. The van der Waals surface area contributed by atoms with Crippen LogP contribution in [0.2, 0.25) is 0 Å². The molecule has 2 aliphatic rings. The lowest BCUT2D eigenvalue weighted by Crippen LogP contribution is -2.45. The fourth-order valence-corrected chi connectivity index (χ4v) is 4.07. The zero-order valence-corrected chi connectivity index (χ0v) is 14.9. The number of fused-ring (bicyclic) bond motifs is 1. The first-order valence-corrected chi connectivity index (χ1v) is 9.28. The molecular formula is C18H15F2N3O3S. The number of benzene rings is 1. The first-order chi connectivity index (χ1) is 13.0. The number of amides is 2. The number of piperidine rings is 1. The Bertz CT molecular complexity index is 964. The third-order valence-electron chi connectivity index (χ3n) is 4.54. The van der Waals surface area contributed by atoms with Gasteiger partial charge in [-0.15, -0.1) is 0 Å². The van der Waals surface area contributed by atoms with Gasteiger partial charge in [-0.05, 0) is 12.1 Å². The smallest absolute Gasteiger partial charge is 0.274 e. The van der Waals surface area contributed by atoms with Crippen LogP contribution >= 0.6 is 11.3 Å². The number of hydrogen-bond donors (Lipinski definition) is 0. The molecule has 0 radical (unpaired) electrons. The second-order valence-electron chi connectivity index (χ2n) is 6.34. The van der Waals surface area contributed by atoms with Gasteiger partial charge in [-0.25, -0.2) is 13.8 Å². The van der Waals surface area contributed by atoms with Crippen LogP contribution in [-0.4, -0.2) is 47.1 Å². The molecule has 1 unspecified atom stereocenters. The SMILES string of the molecule is O=C1N=CC=CC1C(=O)N1CCC(Oc2nc3c(F)cc(F)cc3s2)CC1. The standard InChI is InChI=1S/C18H15F2N3O3S/c19-10-8-13(20)15-14(9-10)27-18(22-15)26-11-3-6-23(7-4-11)17(25)12-2-1-5-21-16(12)24/h1-2,5,8-9,11-12H,3-4,6-7H2. The van der Waals surface area contributed by atoms with E-state index in [1.165, 1.54) is 12.3 Å². The molecule has 27 heavy (non-hydrogen) atoms. The molecule has 3 heterocycles. The number of rotatable bonds is 3. The Morgan fingerprint density at radius 2 is 2.04 bits per heavy atom. The Labute approximate surface area is 157 Å². The number of hydrogen-bond acceptors (Lipinski definition) is 5. The van der Waals surface area contributed by atoms with E-state index in [4.69, 9.17) is 4.74 Å². The number of carbonyl (C=O) groups is 2. The summed E-state index contributed by atoms with van der Waals surface area (Å²) >= 11 is 1.09.